The fraction of sp³-hybridized carbons (Fsp3) is 0.375. The van der Waals surface area contributed by atoms with Gasteiger partial charge in [0, 0.05) is 42.0 Å². The van der Waals surface area contributed by atoms with E-state index >= 15 is 0 Å². The zero-order chi connectivity index (χ0) is 23.2. The van der Waals surface area contributed by atoms with Crippen LogP contribution in [0.15, 0.2) is 36.8 Å². The summed E-state index contributed by atoms with van der Waals surface area (Å²) in [5.41, 5.74) is 3.59. The van der Waals surface area contributed by atoms with Crippen LogP contribution in [0.4, 0.5) is 17.5 Å². The molecule has 0 spiro atoms. The van der Waals surface area contributed by atoms with Crippen molar-refractivity contribution in [2.24, 2.45) is 7.05 Å². The summed E-state index contributed by atoms with van der Waals surface area (Å²) in [5.74, 6) is 2.88. The number of pyridine rings is 1. The highest BCUT2D eigenvalue weighted by atomic mass is 16.5. The molecule has 0 bridgehead atoms. The van der Waals surface area contributed by atoms with Gasteiger partial charge in [0.1, 0.15) is 17.6 Å². The van der Waals surface area contributed by atoms with Gasteiger partial charge in [0.15, 0.2) is 11.6 Å². The van der Waals surface area contributed by atoms with Gasteiger partial charge in [-0.2, -0.15) is 0 Å². The first-order chi connectivity index (χ1) is 15.9. The zero-order valence-corrected chi connectivity index (χ0v) is 19.6. The van der Waals surface area contributed by atoms with E-state index in [9.17, 15) is 0 Å². The van der Waals surface area contributed by atoms with E-state index in [0.29, 0.717) is 18.3 Å². The van der Waals surface area contributed by atoms with Gasteiger partial charge in [0.2, 0.25) is 5.95 Å². The Balaban J connectivity index is 1.52. The van der Waals surface area contributed by atoms with Crippen LogP contribution in [-0.4, -0.2) is 48.4 Å². The summed E-state index contributed by atoms with van der Waals surface area (Å²) in [6.45, 7) is 9.95. The Hall–Kier alpha value is -3.75. The van der Waals surface area contributed by atoms with Crippen LogP contribution in [-0.2, 0) is 7.05 Å². The average Bonchev–Trinajstić information content (AvgIpc) is 3.20. The lowest BCUT2D eigenvalue weighted by Gasteiger charge is -2.49. The highest BCUT2D eigenvalue weighted by Crippen LogP contribution is 2.38. The second-order valence-corrected chi connectivity index (χ2v) is 8.97. The van der Waals surface area contributed by atoms with Gasteiger partial charge in [-0.15, -0.1) is 10.2 Å². The lowest BCUT2D eigenvalue weighted by molar-refractivity contribution is 0.330. The quantitative estimate of drug-likeness (QED) is 0.471. The number of aryl methyl sites for hydroxylation is 2. The number of nitrogens with zero attached hydrogens (tertiary/aromatic N) is 7. The molecule has 4 aromatic rings. The van der Waals surface area contributed by atoms with Gasteiger partial charge in [-0.3, -0.25) is 0 Å². The third-order valence-corrected chi connectivity index (χ3v) is 6.11. The molecule has 1 aliphatic rings. The molecular weight excluding hydrogens is 416 g/mol. The third-order valence-electron chi connectivity index (χ3n) is 6.11. The van der Waals surface area contributed by atoms with Crippen molar-refractivity contribution in [3.63, 3.8) is 0 Å². The minimum Gasteiger partial charge on any atom is -0.492 e. The summed E-state index contributed by atoms with van der Waals surface area (Å²) >= 11 is 0. The molecule has 0 saturated carbocycles. The van der Waals surface area contributed by atoms with Crippen LogP contribution in [0, 0.1) is 6.92 Å². The fourth-order valence-electron chi connectivity index (χ4n) is 4.17. The van der Waals surface area contributed by atoms with Crippen LogP contribution in [0.3, 0.4) is 0 Å². The maximum Gasteiger partial charge on any atom is 0.227 e. The minimum absolute atomic E-state index is 0.0735. The molecule has 3 aromatic heterocycles. The van der Waals surface area contributed by atoms with Gasteiger partial charge in [-0.05, 0) is 58.4 Å². The summed E-state index contributed by atoms with van der Waals surface area (Å²) in [6, 6.07) is 7.91. The first kappa shape index (κ1) is 21.1. The summed E-state index contributed by atoms with van der Waals surface area (Å²) in [6.07, 6.45) is 4.66. The molecule has 170 valence electrons. The standard InChI is InChI=1S/C24H28N8O/c1-6-33-19-12-16(21-30-26-14-31(21)5)7-8-18(19)28-23-25-13-17-11-15(2)27-22(20(17)29-23)32-10-9-24(32,3)4/h7-8,11-14H,6,9-10H2,1-5H3,(H,25,28,29). The number of rotatable bonds is 6. The second kappa shape index (κ2) is 7.99. The predicted octanol–water partition coefficient (Wildman–Crippen LogP) is 4.26. The van der Waals surface area contributed by atoms with Crippen LogP contribution in [0.1, 0.15) is 32.9 Å². The highest BCUT2D eigenvalue weighted by Gasteiger charge is 2.38. The Labute approximate surface area is 192 Å². The van der Waals surface area contributed by atoms with E-state index in [-0.39, 0.29) is 5.54 Å². The van der Waals surface area contributed by atoms with Gasteiger partial charge in [-0.25, -0.2) is 15.0 Å². The molecule has 4 heterocycles. The number of fused-ring (bicyclic) bond motifs is 1. The van der Waals surface area contributed by atoms with Crippen LogP contribution < -0.4 is 15.0 Å². The van der Waals surface area contributed by atoms with Gasteiger partial charge in [0.05, 0.1) is 12.3 Å². The van der Waals surface area contributed by atoms with Crippen LogP contribution in [0.2, 0.25) is 0 Å². The van der Waals surface area contributed by atoms with Crippen molar-refractivity contribution in [3.05, 3.63) is 42.5 Å². The summed E-state index contributed by atoms with van der Waals surface area (Å²) in [5, 5.41) is 12.5. The number of anilines is 3. The number of ether oxygens (including phenoxy) is 1. The molecule has 33 heavy (non-hydrogen) atoms. The summed E-state index contributed by atoms with van der Waals surface area (Å²) in [4.78, 5) is 16.6. The summed E-state index contributed by atoms with van der Waals surface area (Å²) in [7, 11) is 1.91. The molecule has 0 atom stereocenters. The highest BCUT2D eigenvalue weighted by molar-refractivity contribution is 5.90. The molecular formula is C24H28N8O. The Bertz CT molecular complexity index is 1330. The van der Waals surface area contributed by atoms with E-state index in [0.717, 1.165) is 52.5 Å². The van der Waals surface area contributed by atoms with Crippen molar-refractivity contribution in [1.82, 2.24) is 29.7 Å². The predicted molar refractivity (Wildman–Crippen MR) is 129 cm³/mol. The fourth-order valence-corrected chi connectivity index (χ4v) is 4.17. The molecule has 9 heteroatoms. The minimum atomic E-state index is 0.0735. The van der Waals surface area contributed by atoms with E-state index in [4.69, 9.17) is 14.7 Å². The van der Waals surface area contributed by atoms with Crippen LogP contribution in [0.5, 0.6) is 5.75 Å². The number of aromatic nitrogens is 6. The van der Waals surface area contributed by atoms with E-state index in [2.05, 4.69) is 39.2 Å². The van der Waals surface area contributed by atoms with Gasteiger partial charge in [0.25, 0.3) is 0 Å². The summed E-state index contributed by atoms with van der Waals surface area (Å²) < 4.78 is 7.78. The number of hydrogen-bond acceptors (Lipinski definition) is 8. The maximum atomic E-state index is 5.91. The normalized spacial score (nSPS) is 14.9. The Kier molecular flexibility index (Phi) is 5.11. The topological polar surface area (TPSA) is 93.9 Å². The van der Waals surface area contributed by atoms with Crippen LogP contribution in [0.25, 0.3) is 22.3 Å². The van der Waals surface area contributed by atoms with Crippen molar-refractivity contribution in [1.29, 1.82) is 0 Å². The van der Waals surface area contributed by atoms with Crippen molar-refractivity contribution in [2.75, 3.05) is 23.4 Å². The zero-order valence-electron chi connectivity index (χ0n) is 19.6. The Morgan fingerprint density at radius 3 is 2.70 bits per heavy atom. The van der Waals surface area contributed by atoms with Gasteiger partial charge >= 0.3 is 0 Å². The molecule has 1 aliphatic heterocycles. The van der Waals surface area contributed by atoms with Crippen molar-refractivity contribution >= 4 is 28.4 Å². The molecule has 0 radical (unpaired) electrons. The number of benzene rings is 1. The number of hydrogen-bond donors (Lipinski definition) is 1. The van der Waals surface area contributed by atoms with Gasteiger partial charge in [-0.1, -0.05) is 0 Å². The van der Waals surface area contributed by atoms with Crippen molar-refractivity contribution in [3.8, 4) is 17.1 Å². The largest absolute Gasteiger partial charge is 0.492 e. The molecule has 1 aromatic carbocycles. The smallest absolute Gasteiger partial charge is 0.227 e. The van der Waals surface area contributed by atoms with E-state index in [1.165, 1.54) is 0 Å². The maximum absolute atomic E-state index is 5.91. The molecule has 0 aliphatic carbocycles. The Morgan fingerprint density at radius 1 is 1.18 bits per heavy atom. The third kappa shape index (κ3) is 3.83. The first-order valence-electron chi connectivity index (χ1n) is 11.2. The lowest BCUT2D eigenvalue weighted by atomic mass is 9.89. The van der Waals surface area contributed by atoms with E-state index < -0.39 is 0 Å². The monoisotopic (exact) mass is 444 g/mol. The first-order valence-corrected chi connectivity index (χ1v) is 11.2. The molecule has 1 N–H and O–H groups in total. The molecule has 5 rings (SSSR count). The molecule has 9 nitrogen and oxygen atoms in total. The van der Waals surface area contributed by atoms with Crippen LogP contribution >= 0.6 is 0 Å². The number of nitrogens with one attached hydrogen (secondary N) is 1. The Morgan fingerprint density at radius 2 is 2.03 bits per heavy atom. The van der Waals surface area contributed by atoms with E-state index in [1.54, 1.807) is 6.33 Å². The second-order valence-electron chi connectivity index (χ2n) is 8.97. The molecule has 0 unspecified atom stereocenters. The van der Waals surface area contributed by atoms with Gasteiger partial charge < -0.3 is 19.5 Å². The van der Waals surface area contributed by atoms with Crippen molar-refractivity contribution < 1.29 is 4.74 Å². The lowest BCUT2D eigenvalue weighted by Crippen LogP contribution is -2.56. The van der Waals surface area contributed by atoms with E-state index in [1.807, 2.05) is 55.9 Å². The SMILES string of the molecule is CCOc1cc(-c2nncn2C)ccc1Nc1ncc2cc(C)nc(N3CCC3(C)C)c2n1. The molecule has 0 amide bonds. The average molecular weight is 445 g/mol. The van der Waals surface area contributed by atoms with Crippen molar-refractivity contribution in [2.45, 2.75) is 39.7 Å². The molecule has 1 fully saturated rings. The molecule has 1 saturated heterocycles.